The van der Waals surface area contributed by atoms with Crippen LogP contribution in [0.15, 0.2) is 163 Å². The maximum Gasteiger partial charge on any atom is 0.112 e. The number of allylic oxidation sites excluding steroid dienone is 11. The molecule has 0 aliphatic heterocycles. The zero-order chi connectivity index (χ0) is 31.4. The Balaban J connectivity index is 1.10. The Morgan fingerprint density at radius 1 is 0.489 bits per heavy atom. The molecule has 230 valence electrons. The Hall–Kier alpha value is -5.26. The minimum atomic E-state index is 0.943. The quantitative estimate of drug-likeness (QED) is 0.171. The number of para-hydroxylation sites is 3. The van der Waals surface area contributed by atoms with Gasteiger partial charge < -0.3 is 9.80 Å². The molecule has 1 aromatic heterocycles. The van der Waals surface area contributed by atoms with E-state index in [1.165, 1.54) is 68.2 Å². The van der Waals surface area contributed by atoms with Crippen LogP contribution in [0.3, 0.4) is 0 Å². The van der Waals surface area contributed by atoms with Gasteiger partial charge in [0.25, 0.3) is 0 Å². The van der Waals surface area contributed by atoms with Crippen LogP contribution in [0.4, 0.5) is 17.1 Å². The summed E-state index contributed by atoms with van der Waals surface area (Å²) in [5, 5.41) is 0. The van der Waals surface area contributed by atoms with Crippen LogP contribution in [0, 0.1) is 0 Å². The summed E-state index contributed by atoms with van der Waals surface area (Å²) in [6.45, 7) is 0. The number of hydrogen-bond donors (Lipinski definition) is 0. The van der Waals surface area contributed by atoms with Gasteiger partial charge in [0.1, 0.15) is 11.0 Å². The Morgan fingerprint density at radius 3 is 1.43 bits per heavy atom. The van der Waals surface area contributed by atoms with E-state index in [9.17, 15) is 0 Å². The fraction of sp³-hybridized carbons (Fsp3) is 0.143. The van der Waals surface area contributed by atoms with E-state index in [1.54, 1.807) is 0 Å². The summed E-state index contributed by atoms with van der Waals surface area (Å²) in [6.07, 6.45) is 22.1. The fourth-order valence-electron chi connectivity index (χ4n) is 6.92. The van der Waals surface area contributed by atoms with E-state index in [2.05, 4.69) is 155 Å². The average molecular weight is 629 g/mol. The summed E-state index contributed by atoms with van der Waals surface area (Å²) in [5.41, 5.74) is 14.5. The molecule has 0 amide bonds. The third-order valence-electron chi connectivity index (χ3n) is 9.21. The Morgan fingerprint density at radius 2 is 0.979 bits per heavy atom. The molecule has 0 atom stereocenters. The van der Waals surface area contributed by atoms with Crippen molar-refractivity contribution in [1.82, 2.24) is 8.75 Å². The summed E-state index contributed by atoms with van der Waals surface area (Å²) < 4.78 is 9.67. The number of rotatable bonds is 8. The minimum Gasteiger partial charge on any atom is -0.315 e. The van der Waals surface area contributed by atoms with Gasteiger partial charge in [-0.1, -0.05) is 91.0 Å². The van der Waals surface area contributed by atoms with Gasteiger partial charge in [0.05, 0.1) is 11.7 Å². The van der Waals surface area contributed by atoms with Gasteiger partial charge in [-0.15, -0.1) is 0 Å². The molecule has 47 heavy (non-hydrogen) atoms. The van der Waals surface area contributed by atoms with E-state index >= 15 is 0 Å². The molecule has 0 saturated carbocycles. The first-order valence-corrected chi connectivity index (χ1v) is 17.2. The summed E-state index contributed by atoms with van der Waals surface area (Å²) in [6, 6.07) is 36.5. The van der Waals surface area contributed by atoms with Gasteiger partial charge in [-0.05, 0) is 104 Å². The second-order valence-corrected chi connectivity index (χ2v) is 12.6. The third kappa shape index (κ3) is 5.91. The summed E-state index contributed by atoms with van der Waals surface area (Å²) in [5.74, 6) is 0. The zero-order valence-electron chi connectivity index (χ0n) is 26.3. The highest BCUT2D eigenvalue weighted by molar-refractivity contribution is 7.00. The maximum absolute atomic E-state index is 4.84. The molecular formula is C42H36N4S. The van der Waals surface area contributed by atoms with Crippen LogP contribution in [-0.4, -0.2) is 8.75 Å². The predicted octanol–water partition coefficient (Wildman–Crippen LogP) is 11.4. The second kappa shape index (κ2) is 13.2. The van der Waals surface area contributed by atoms with Gasteiger partial charge in [0.15, 0.2) is 0 Å². The van der Waals surface area contributed by atoms with Crippen LogP contribution < -0.4 is 9.80 Å². The molecule has 0 spiro atoms. The smallest absolute Gasteiger partial charge is 0.112 e. The van der Waals surface area contributed by atoms with E-state index in [0.717, 1.165) is 49.6 Å². The van der Waals surface area contributed by atoms with Crippen LogP contribution in [0.25, 0.3) is 22.2 Å². The number of anilines is 3. The van der Waals surface area contributed by atoms with E-state index < -0.39 is 0 Å². The standard InChI is InChI=1S/C42H36N4S/c1-5-13-33(14-6-1)45(34-15-7-2-8-16-34)37-25-21-31(22-26-37)39-29-30-40(42-41(39)43-47-44-42)32-23-27-38(28-24-32)46(35-17-9-3-10-18-35)36-19-11-4-12-20-36/h1-3,5-11,13-21,23,25,27,29-30H,4,12,22,24,26,28H2. The van der Waals surface area contributed by atoms with Crippen molar-refractivity contribution in [3.8, 4) is 0 Å². The van der Waals surface area contributed by atoms with Crippen molar-refractivity contribution in [3.05, 3.63) is 174 Å². The lowest BCUT2D eigenvalue weighted by Gasteiger charge is -2.31. The molecule has 4 aromatic carbocycles. The fourth-order valence-corrected chi connectivity index (χ4v) is 7.49. The molecule has 4 nitrogen and oxygen atoms in total. The van der Waals surface area contributed by atoms with Crippen LogP contribution in [0.5, 0.6) is 0 Å². The van der Waals surface area contributed by atoms with Gasteiger partial charge in [0.2, 0.25) is 0 Å². The van der Waals surface area contributed by atoms with Crippen LogP contribution in [0.1, 0.15) is 49.7 Å². The molecule has 0 bridgehead atoms. The molecule has 0 fully saturated rings. The number of aromatic nitrogens is 2. The predicted molar refractivity (Wildman–Crippen MR) is 198 cm³/mol. The summed E-state index contributed by atoms with van der Waals surface area (Å²) in [7, 11) is 0. The lowest BCUT2D eigenvalue weighted by atomic mass is 9.89. The molecule has 0 N–H and O–H groups in total. The second-order valence-electron chi connectivity index (χ2n) is 12.1. The van der Waals surface area contributed by atoms with Crippen molar-refractivity contribution < 1.29 is 0 Å². The van der Waals surface area contributed by atoms with E-state index in [4.69, 9.17) is 8.75 Å². The Bertz CT molecular complexity index is 2040. The highest BCUT2D eigenvalue weighted by Gasteiger charge is 2.23. The average Bonchev–Trinajstić information content (AvgIpc) is 3.65. The number of nitrogens with zero attached hydrogens (tertiary/aromatic N) is 4. The van der Waals surface area contributed by atoms with Crippen LogP contribution >= 0.6 is 11.7 Å². The number of fused-ring (bicyclic) bond motifs is 1. The molecule has 0 saturated heterocycles. The molecule has 0 unspecified atom stereocenters. The molecule has 8 rings (SSSR count). The first kappa shape index (κ1) is 29.2. The van der Waals surface area contributed by atoms with Crippen molar-refractivity contribution in [2.24, 2.45) is 0 Å². The lowest BCUT2D eigenvalue weighted by Crippen LogP contribution is -2.22. The monoisotopic (exact) mass is 628 g/mol. The van der Waals surface area contributed by atoms with Crippen molar-refractivity contribution in [1.29, 1.82) is 0 Å². The van der Waals surface area contributed by atoms with Gasteiger partial charge in [-0.2, -0.15) is 8.75 Å². The van der Waals surface area contributed by atoms with E-state index in [1.807, 2.05) is 0 Å². The first-order valence-electron chi connectivity index (χ1n) is 16.5. The molecule has 0 radical (unpaired) electrons. The Kier molecular flexibility index (Phi) is 8.21. The lowest BCUT2D eigenvalue weighted by molar-refractivity contribution is 0.896. The molecular weight excluding hydrogens is 593 g/mol. The largest absolute Gasteiger partial charge is 0.315 e. The van der Waals surface area contributed by atoms with Crippen molar-refractivity contribution in [2.45, 2.75) is 38.5 Å². The van der Waals surface area contributed by atoms with Gasteiger partial charge >= 0.3 is 0 Å². The number of hydrogen-bond acceptors (Lipinski definition) is 5. The molecule has 5 heteroatoms. The minimum absolute atomic E-state index is 0.943. The van der Waals surface area contributed by atoms with Gasteiger partial charge in [-0.3, -0.25) is 0 Å². The molecule has 3 aliphatic carbocycles. The zero-order valence-corrected chi connectivity index (χ0v) is 27.1. The van der Waals surface area contributed by atoms with Crippen molar-refractivity contribution >= 4 is 51.0 Å². The van der Waals surface area contributed by atoms with E-state index in [0.29, 0.717) is 0 Å². The normalized spacial score (nSPS) is 16.1. The summed E-state index contributed by atoms with van der Waals surface area (Å²) in [4.78, 5) is 4.79. The maximum atomic E-state index is 4.84. The topological polar surface area (TPSA) is 32.3 Å². The van der Waals surface area contributed by atoms with Crippen molar-refractivity contribution in [3.63, 3.8) is 0 Å². The van der Waals surface area contributed by atoms with Crippen molar-refractivity contribution in [2.75, 3.05) is 9.80 Å². The van der Waals surface area contributed by atoms with E-state index in [-0.39, 0.29) is 0 Å². The molecule has 1 heterocycles. The highest BCUT2D eigenvalue weighted by Crippen LogP contribution is 2.40. The molecule has 5 aromatic rings. The first-order chi connectivity index (χ1) is 23.3. The third-order valence-corrected chi connectivity index (χ3v) is 9.74. The van der Waals surface area contributed by atoms with Gasteiger partial charge in [0, 0.05) is 45.3 Å². The molecule has 3 aliphatic rings. The highest BCUT2D eigenvalue weighted by atomic mass is 32.1. The van der Waals surface area contributed by atoms with Gasteiger partial charge in [-0.25, -0.2) is 0 Å². The SMILES string of the molecule is C1=CC(N(C2=CC=C(c3ccc(C4=CC=C(N(c5ccccc5)c5ccccc5)CC4)c4nsnc34)CC2)c2ccccc2)=CCC1. The van der Waals surface area contributed by atoms with Crippen LogP contribution in [0.2, 0.25) is 0 Å². The number of benzene rings is 4. The van der Waals surface area contributed by atoms with Crippen LogP contribution in [-0.2, 0) is 0 Å². The Labute approximate surface area is 281 Å². The summed E-state index contributed by atoms with van der Waals surface area (Å²) >= 11 is 1.31.